The van der Waals surface area contributed by atoms with Crippen molar-refractivity contribution in [2.75, 3.05) is 52.8 Å². The van der Waals surface area contributed by atoms with Crippen LogP contribution >= 0.6 is 11.8 Å². The Morgan fingerprint density at radius 2 is 1.82 bits per heavy atom. The Balaban J connectivity index is 2.10. The standard InChI is InChI=1S/C13H20N2O6S/c1-19-12(17)9-8-22-11(13(18)20-2)15(9)10(16)7-14-3-5-21-6-4-14/h9,11H,3-8H2,1-2H3/p+1/t9-,11-/m0/s1. The van der Waals surface area contributed by atoms with Crippen molar-refractivity contribution >= 4 is 29.6 Å². The number of nitrogens with zero attached hydrogens (tertiary/aromatic N) is 1. The van der Waals surface area contributed by atoms with Crippen LogP contribution in [0.25, 0.3) is 0 Å². The van der Waals surface area contributed by atoms with Gasteiger partial charge in [0.15, 0.2) is 11.9 Å². The number of hydrogen-bond acceptors (Lipinski definition) is 7. The molecule has 22 heavy (non-hydrogen) atoms. The Kier molecular flexibility index (Phi) is 6.04. The first-order valence-corrected chi connectivity index (χ1v) is 8.13. The molecule has 8 nitrogen and oxygen atoms in total. The molecule has 0 aliphatic carbocycles. The topological polar surface area (TPSA) is 86.6 Å². The minimum absolute atomic E-state index is 0.227. The molecule has 0 spiro atoms. The van der Waals surface area contributed by atoms with E-state index in [1.165, 1.54) is 30.9 Å². The second-order valence-corrected chi connectivity index (χ2v) is 6.20. The van der Waals surface area contributed by atoms with E-state index < -0.39 is 23.4 Å². The van der Waals surface area contributed by atoms with Crippen LogP contribution in [0.15, 0.2) is 0 Å². The van der Waals surface area contributed by atoms with E-state index in [2.05, 4.69) is 0 Å². The van der Waals surface area contributed by atoms with Gasteiger partial charge in [0.05, 0.1) is 27.4 Å². The third-order valence-corrected chi connectivity index (χ3v) is 5.01. The highest BCUT2D eigenvalue weighted by Gasteiger charge is 2.47. The Labute approximate surface area is 133 Å². The van der Waals surface area contributed by atoms with Gasteiger partial charge in [-0.05, 0) is 0 Å². The monoisotopic (exact) mass is 333 g/mol. The van der Waals surface area contributed by atoms with E-state index in [-0.39, 0.29) is 12.5 Å². The molecule has 0 bridgehead atoms. The van der Waals surface area contributed by atoms with Gasteiger partial charge < -0.3 is 24.0 Å². The first-order chi connectivity index (χ1) is 10.6. The van der Waals surface area contributed by atoms with Crippen molar-refractivity contribution in [2.45, 2.75) is 11.4 Å². The van der Waals surface area contributed by atoms with Crippen LogP contribution in [0.3, 0.4) is 0 Å². The largest absolute Gasteiger partial charge is 0.467 e. The zero-order valence-electron chi connectivity index (χ0n) is 12.7. The number of nitrogens with one attached hydrogen (secondary N) is 1. The van der Waals surface area contributed by atoms with Gasteiger partial charge in [-0.2, -0.15) is 0 Å². The molecule has 0 unspecified atom stereocenters. The lowest BCUT2D eigenvalue weighted by molar-refractivity contribution is -0.900. The first-order valence-electron chi connectivity index (χ1n) is 7.08. The lowest BCUT2D eigenvalue weighted by Crippen LogP contribution is -3.15. The van der Waals surface area contributed by atoms with Gasteiger partial charge >= 0.3 is 11.9 Å². The predicted molar refractivity (Wildman–Crippen MR) is 77.3 cm³/mol. The molecule has 0 aromatic carbocycles. The van der Waals surface area contributed by atoms with Crippen LogP contribution in [0.4, 0.5) is 0 Å². The minimum atomic E-state index is -0.790. The summed E-state index contributed by atoms with van der Waals surface area (Å²) in [5.41, 5.74) is 0. The molecule has 2 atom stereocenters. The molecule has 124 valence electrons. The van der Waals surface area contributed by atoms with Crippen LogP contribution in [0.2, 0.25) is 0 Å². The smallest absolute Gasteiger partial charge is 0.339 e. The second kappa shape index (κ2) is 7.80. The highest BCUT2D eigenvalue weighted by molar-refractivity contribution is 8.00. The van der Waals surface area contributed by atoms with Gasteiger partial charge in [0, 0.05) is 5.75 Å². The van der Waals surface area contributed by atoms with Gasteiger partial charge in [0.2, 0.25) is 0 Å². The number of carbonyl (C=O) groups excluding carboxylic acids is 3. The van der Waals surface area contributed by atoms with Crippen molar-refractivity contribution in [3.63, 3.8) is 0 Å². The molecule has 1 N–H and O–H groups in total. The molecule has 2 aliphatic rings. The number of quaternary nitrogens is 1. The van der Waals surface area contributed by atoms with E-state index in [0.717, 1.165) is 18.0 Å². The van der Waals surface area contributed by atoms with Crippen LogP contribution < -0.4 is 4.90 Å². The average molecular weight is 333 g/mol. The third kappa shape index (κ3) is 3.71. The van der Waals surface area contributed by atoms with Crippen molar-refractivity contribution in [1.82, 2.24) is 4.90 Å². The molecule has 9 heteroatoms. The SMILES string of the molecule is COC(=O)[C@@H]1CS[C@@H](C(=O)OC)N1C(=O)C[NH+]1CCOCC1. The van der Waals surface area contributed by atoms with Gasteiger partial charge in [0.1, 0.15) is 19.1 Å². The summed E-state index contributed by atoms with van der Waals surface area (Å²) in [4.78, 5) is 38.7. The van der Waals surface area contributed by atoms with E-state index in [4.69, 9.17) is 14.2 Å². The normalized spacial score (nSPS) is 25.8. The number of amides is 1. The van der Waals surface area contributed by atoms with Gasteiger partial charge in [-0.25, -0.2) is 9.59 Å². The molecule has 0 aromatic heterocycles. The molecule has 0 aromatic rings. The molecule has 2 saturated heterocycles. The fourth-order valence-corrected chi connectivity index (χ4v) is 3.87. The summed E-state index contributed by atoms with van der Waals surface area (Å²) in [6.45, 7) is 2.92. The van der Waals surface area contributed by atoms with Crippen molar-refractivity contribution in [1.29, 1.82) is 0 Å². The van der Waals surface area contributed by atoms with Crippen LogP contribution in [-0.4, -0.2) is 87.0 Å². The van der Waals surface area contributed by atoms with Crippen LogP contribution in [0.1, 0.15) is 0 Å². The quantitative estimate of drug-likeness (QED) is 0.570. The van der Waals surface area contributed by atoms with E-state index >= 15 is 0 Å². The fourth-order valence-electron chi connectivity index (χ4n) is 2.55. The fraction of sp³-hybridized carbons (Fsp3) is 0.769. The highest BCUT2D eigenvalue weighted by atomic mass is 32.2. The highest BCUT2D eigenvalue weighted by Crippen LogP contribution is 2.30. The number of esters is 2. The number of thioether (sulfide) groups is 1. The lowest BCUT2D eigenvalue weighted by Gasteiger charge is -2.29. The molecule has 0 radical (unpaired) electrons. The number of methoxy groups -OCH3 is 2. The van der Waals surface area contributed by atoms with Crippen molar-refractivity contribution in [2.24, 2.45) is 0 Å². The van der Waals surface area contributed by atoms with Crippen molar-refractivity contribution in [3.05, 3.63) is 0 Å². The van der Waals surface area contributed by atoms with Crippen LogP contribution in [-0.2, 0) is 28.6 Å². The Hall–Kier alpha value is -1.32. The van der Waals surface area contributed by atoms with Crippen LogP contribution in [0.5, 0.6) is 0 Å². The number of ether oxygens (including phenoxy) is 3. The Morgan fingerprint density at radius 3 is 2.41 bits per heavy atom. The minimum Gasteiger partial charge on any atom is -0.467 e. The van der Waals surface area contributed by atoms with E-state index in [1.54, 1.807) is 0 Å². The zero-order chi connectivity index (χ0) is 16.1. The Bertz CT molecular complexity index is 416. The van der Waals surface area contributed by atoms with E-state index in [1.807, 2.05) is 0 Å². The van der Waals surface area contributed by atoms with Gasteiger partial charge in [0.25, 0.3) is 5.91 Å². The lowest BCUT2D eigenvalue weighted by atomic mass is 10.2. The molecule has 2 heterocycles. The maximum atomic E-state index is 12.6. The third-order valence-electron chi connectivity index (χ3n) is 3.77. The molecule has 1 amide bonds. The van der Waals surface area contributed by atoms with Gasteiger partial charge in [-0.15, -0.1) is 11.8 Å². The number of morpholine rings is 1. The van der Waals surface area contributed by atoms with E-state index in [9.17, 15) is 14.4 Å². The predicted octanol–water partition coefficient (Wildman–Crippen LogP) is -2.48. The summed E-state index contributed by atoms with van der Waals surface area (Å²) in [5, 5.41) is -0.790. The second-order valence-electron chi connectivity index (χ2n) is 5.09. The average Bonchev–Trinajstić information content (AvgIpc) is 2.99. The molecule has 0 saturated carbocycles. The molecule has 2 aliphatic heterocycles. The van der Waals surface area contributed by atoms with Gasteiger partial charge in [-0.1, -0.05) is 0 Å². The van der Waals surface area contributed by atoms with Gasteiger partial charge in [-0.3, -0.25) is 4.79 Å². The molecule has 2 fully saturated rings. The molecule has 2 rings (SSSR count). The number of carbonyl (C=O) groups is 3. The van der Waals surface area contributed by atoms with E-state index in [0.29, 0.717) is 19.0 Å². The molecular formula is C13H21N2O6S+. The van der Waals surface area contributed by atoms with Crippen molar-refractivity contribution < 1.29 is 33.5 Å². The zero-order valence-corrected chi connectivity index (χ0v) is 13.5. The number of rotatable bonds is 4. The summed E-state index contributed by atoms with van der Waals surface area (Å²) >= 11 is 1.22. The van der Waals surface area contributed by atoms with Crippen LogP contribution in [0, 0.1) is 0 Å². The van der Waals surface area contributed by atoms with Crippen molar-refractivity contribution in [3.8, 4) is 0 Å². The molecular weight excluding hydrogens is 312 g/mol. The summed E-state index contributed by atoms with van der Waals surface area (Å²) < 4.78 is 14.7. The summed E-state index contributed by atoms with van der Waals surface area (Å²) in [6, 6.07) is -0.743. The number of hydrogen-bond donors (Lipinski definition) is 1. The summed E-state index contributed by atoms with van der Waals surface area (Å²) in [5.74, 6) is -0.949. The maximum absolute atomic E-state index is 12.6. The maximum Gasteiger partial charge on any atom is 0.339 e. The first kappa shape index (κ1) is 17.0. The summed E-state index contributed by atoms with van der Waals surface area (Å²) in [6.07, 6.45) is 0. The summed E-state index contributed by atoms with van der Waals surface area (Å²) in [7, 11) is 2.54. The Morgan fingerprint density at radius 1 is 1.18 bits per heavy atom.